The number of methoxy groups -OCH3 is 1. The predicted molar refractivity (Wildman–Crippen MR) is 86.4 cm³/mol. The molecule has 0 aromatic heterocycles. The molecule has 114 valence electrons. The van der Waals surface area contributed by atoms with Crippen molar-refractivity contribution in [1.29, 1.82) is 0 Å². The quantitative estimate of drug-likeness (QED) is 0.415. The zero-order chi connectivity index (χ0) is 15.5. The second-order valence-corrected chi connectivity index (χ2v) is 6.03. The number of benzene rings is 1. The maximum absolute atomic E-state index is 12.0. The predicted octanol–water partition coefficient (Wildman–Crippen LogP) is 3.91. The highest BCUT2D eigenvalue weighted by atomic mass is 32.2. The van der Waals surface area contributed by atoms with Crippen LogP contribution in [0.4, 0.5) is 0 Å². The van der Waals surface area contributed by atoms with Crippen molar-refractivity contribution in [2.75, 3.05) is 7.11 Å². The molecule has 0 saturated carbocycles. The molecule has 0 fully saturated rings. The van der Waals surface area contributed by atoms with E-state index in [-0.39, 0.29) is 5.97 Å². The molecule has 0 aliphatic rings. The van der Waals surface area contributed by atoms with Crippen molar-refractivity contribution < 1.29 is 13.7 Å². The minimum Gasteiger partial charge on any atom is -0.466 e. The van der Waals surface area contributed by atoms with Gasteiger partial charge in [0.05, 0.1) is 17.9 Å². The molecule has 1 atom stereocenters. The topological polar surface area (TPSA) is 43.4 Å². The average molecular weight is 306 g/mol. The van der Waals surface area contributed by atoms with Gasteiger partial charge in [-0.05, 0) is 44.7 Å². The molecule has 3 nitrogen and oxygen atoms in total. The van der Waals surface area contributed by atoms with Crippen molar-refractivity contribution in [3.8, 4) is 0 Å². The van der Waals surface area contributed by atoms with Gasteiger partial charge in [0.25, 0.3) is 0 Å². The lowest BCUT2D eigenvalue weighted by Gasteiger charge is -1.98. The molecule has 0 aliphatic carbocycles. The van der Waals surface area contributed by atoms with E-state index in [2.05, 4.69) is 4.74 Å². The lowest BCUT2D eigenvalue weighted by molar-refractivity contribution is -0.134. The number of allylic oxidation sites excluding steroid dienone is 2. The monoisotopic (exact) mass is 306 g/mol. The van der Waals surface area contributed by atoms with Crippen molar-refractivity contribution in [2.24, 2.45) is 0 Å². The van der Waals surface area contributed by atoms with Crippen LogP contribution in [0.25, 0.3) is 0 Å². The summed E-state index contributed by atoms with van der Waals surface area (Å²) in [6, 6.07) is 7.73. The van der Waals surface area contributed by atoms with E-state index >= 15 is 0 Å². The molecule has 0 aliphatic heterocycles. The van der Waals surface area contributed by atoms with Crippen LogP contribution >= 0.6 is 0 Å². The number of esters is 1. The summed E-state index contributed by atoms with van der Waals surface area (Å²) < 4.78 is 16.5. The van der Waals surface area contributed by atoms with Crippen molar-refractivity contribution in [1.82, 2.24) is 0 Å². The van der Waals surface area contributed by atoms with Crippen LogP contribution in [0.1, 0.15) is 31.2 Å². The Labute approximate surface area is 129 Å². The van der Waals surface area contributed by atoms with Crippen LogP contribution in [0.15, 0.2) is 52.8 Å². The second-order valence-electron chi connectivity index (χ2n) is 4.69. The Hall–Kier alpha value is -1.68. The minimum absolute atomic E-state index is 0.316. The summed E-state index contributed by atoms with van der Waals surface area (Å²) in [6.45, 7) is 2.01. The van der Waals surface area contributed by atoms with Crippen molar-refractivity contribution in [3.05, 3.63) is 53.5 Å². The van der Waals surface area contributed by atoms with E-state index in [1.54, 1.807) is 5.41 Å². The van der Waals surface area contributed by atoms with Gasteiger partial charge in [0.2, 0.25) is 0 Å². The molecular weight excluding hydrogens is 284 g/mol. The number of aryl methyl sites for hydroxylation is 1. The molecular formula is C17H22O3S. The molecule has 0 N–H and O–H groups in total. The number of hydrogen-bond donors (Lipinski definition) is 0. The number of hydrogen-bond acceptors (Lipinski definition) is 3. The fourth-order valence-electron chi connectivity index (χ4n) is 1.68. The largest absolute Gasteiger partial charge is 0.466 e. The number of carbonyl (C=O) groups excluding carboxylic acids is 1. The standard InChI is InChI=1S/C17H22O3S/c1-15-10-12-16(13-11-15)21(19)14-8-6-4-3-5-7-9-17(18)20-2/h7-14H,3-6H2,1-2H3/b9-7-,14-8+/t21-/m1/s1. The van der Waals surface area contributed by atoms with Crippen LogP contribution in [-0.2, 0) is 20.3 Å². The lowest BCUT2D eigenvalue weighted by Crippen LogP contribution is -1.93. The summed E-state index contributed by atoms with van der Waals surface area (Å²) in [4.78, 5) is 11.7. The van der Waals surface area contributed by atoms with Gasteiger partial charge in [-0.15, -0.1) is 0 Å². The first-order valence-corrected chi connectivity index (χ1v) is 8.23. The number of ether oxygens (including phenoxy) is 1. The van der Waals surface area contributed by atoms with Gasteiger partial charge in [-0.1, -0.05) is 29.8 Å². The highest BCUT2D eigenvalue weighted by Crippen LogP contribution is 2.10. The summed E-state index contributed by atoms with van der Waals surface area (Å²) in [5.74, 6) is -0.316. The van der Waals surface area contributed by atoms with Gasteiger partial charge in [-0.2, -0.15) is 0 Å². The van der Waals surface area contributed by atoms with Crippen molar-refractivity contribution in [3.63, 3.8) is 0 Å². The summed E-state index contributed by atoms with van der Waals surface area (Å²) in [5, 5.41) is 1.74. The molecule has 0 heterocycles. The molecule has 0 spiro atoms. The van der Waals surface area contributed by atoms with Gasteiger partial charge in [0, 0.05) is 16.4 Å². The SMILES string of the molecule is COC(=O)/C=C\CCCC/C=C/[S@@](=O)c1ccc(C)cc1. The van der Waals surface area contributed by atoms with Crippen LogP contribution in [0.5, 0.6) is 0 Å². The van der Waals surface area contributed by atoms with E-state index in [9.17, 15) is 9.00 Å². The van der Waals surface area contributed by atoms with Crippen LogP contribution in [-0.4, -0.2) is 17.3 Å². The van der Waals surface area contributed by atoms with E-state index in [1.165, 1.54) is 18.7 Å². The zero-order valence-electron chi connectivity index (χ0n) is 12.6. The highest BCUT2D eigenvalue weighted by molar-refractivity contribution is 7.88. The van der Waals surface area contributed by atoms with E-state index in [1.807, 2.05) is 43.3 Å². The van der Waals surface area contributed by atoms with Gasteiger partial charge in [-0.25, -0.2) is 9.00 Å². The minimum atomic E-state index is -1.06. The smallest absolute Gasteiger partial charge is 0.330 e. The first kappa shape index (κ1) is 17.4. The molecule has 0 unspecified atom stereocenters. The maximum atomic E-state index is 12.0. The third-order valence-corrected chi connectivity index (χ3v) is 4.10. The second kappa shape index (κ2) is 10.1. The highest BCUT2D eigenvalue weighted by Gasteiger charge is 1.98. The van der Waals surface area contributed by atoms with E-state index in [0.717, 1.165) is 30.6 Å². The summed E-state index contributed by atoms with van der Waals surface area (Å²) in [6.07, 6.45) is 8.97. The van der Waals surface area contributed by atoms with Crippen LogP contribution in [0.2, 0.25) is 0 Å². The Kier molecular flexibility index (Phi) is 8.36. The average Bonchev–Trinajstić information content (AvgIpc) is 2.50. The third-order valence-electron chi connectivity index (χ3n) is 2.92. The fraction of sp³-hybridized carbons (Fsp3) is 0.353. The molecule has 0 bridgehead atoms. The Morgan fingerprint density at radius 2 is 1.76 bits per heavy atom. The zero-order valence-corrected chi connectivity index (χ0v) is 13.4. The molecule has 21 heavy (non-hydrogen) atoms. The molecule has 1 rings (SSSR count). The summed E-state index contributed by atoms with van der Waals surface area (Å²) in [7, 11) is 0.303. The molecule has 4 heteroatoms. The number of unbranched alkanes of at least 4 members (excludes halogenated alkanes) is 3. The maximum Gasteiger partial charge on any atom is 0.330 e. The Bertz CT molecular complexity index is 515. The molecule has 1 aromatic rings. The Balaban J connectivity index is 2.20. The normalized spacial score (nSPS) is 12.9. The van der Waals surface area contributed by atoms with Gasteiger partial charge in [0.1, 0.15) is 0 Å². The van der Waals surface area contributed by atoms with Gasteiger partial charge < -0.3 is 4.74 Å². The van der Waals surface area contributed by atoms with Gasteiger partial charge in [0.15, 0.2) is 0 Å². The first-order valence-electron chi connectivity index (χ1n) is 7.02. The van der Waals surface area contributed by atoms with Crippen molar-refractivity contribution in [2.45, 2.75) is 37.5 Å². The van der Waals surface area contributed by atoms with E-state index in [0.29, 0.717) is 0 Å². The third kappa shape index (κ3) is 7.61. The molecule has 0 amide bonds. The van der Waals surface area contributed by atoms with E-state index < -0.39 is 10.8 Å². The molecule has 1 aromatic carbocycles. The molecule has 0 radical (unpaired) electrons. The fourth-order valence-corrected chi connectivity index (χ4v) is 2.55. The summed E-state index contributed by atoms with van der Waals surface area (Å²) in [5.41, 5.74) is 1.17. The van der Waals surface area contributed by atoms with Crippen molar-refractivity contribution >= 4 is 16.8 Å². The Morgan fingerprint density at radius 3 is 2.38 bits per heavy atom. The molecule has 0 saturated heterocycles. The van der Waals surface area contributed by atoms with Crippen LogP contribution in [0, 0.1) is 6.92 Å². The summed E-state index contributed by atoms with van der Waals surface area (Å²) >= 11 is 0. The number of carbonyl (C=O) groups is 1. The van der Waals surface area contributed by atoms with Gasteiger partial charge >= 0.3 is 5.97 Å². The van der Waals surface area contributed by atoms with Gasteiger partial charge in [-0.3, -0.25) is 0 Å². The van der Waals surface area contributed by atoms with Crippen LogP contribution < -0.4 is 0 Å². The lowest BCUT2D eigenvalue weighted by atomic mass is 10.2. The first-order chi connectivity index (χ1) is 10.1. The Morgan fingerprint density at radius 1 is 1.14 bits per heavy atom. The number of rotatable bonds is 8. The van der Waals surface area contributed by atoms with E-state index in [4.69, 9.17) is 0 Å². The van der Waals surface area contributed by atoms with Crippen LogP contribution in [0.3, 0.4) is 0 Å².